The van der Waals surface area contributed by atoms with Crippen molar-refractivity contribution in [1.29, 1.82) is 0 Å². The second-order valence-electron chi connectivity index (χ2n) is 7.92. The molecule has 29 heavy (non-hydrogen) atoms. The van der Waals surface area contributed by atoms with Crippen molar-refractivity contribution in [3.8, 4) is 23.3 Å². The van der Waals surface area contributed by atoms with E-state index in [1.807, 2.05) is 38.1 Å². The predicted molar refractivity (Wildman–Crippen MR) is 111 cm³/mol. The molecule has 1 heterocycles. The first-order chi connectivity index (χ1) is 13.8. The summed E-state index contributed by atoms with van der Waals surface area (Å²) < 4.78 is 30.5. The van der Waals surface area contributed by atoms with Gasteiger partial charge in [-0.1, -0.05) is 24.0 Å². The van der Waals surface area contributed by atoms with Crippen LogP contribution in [0.1, 0.15) is 44.4 Å². The first-order valence-electron chi connectivity index (χ1n) is 9.77. The number of nitrogens with zero attached hydrogens (tertiary/aromatic N) is 1. The van der Waals surface area contributed by atoms with Crippen LogP contribution in [-0.4, -0.2) is 30.4 Å². The van der Waals surface area contributed by atoms with Gasteiger partial charge in [-0.25, -0.2) is 4.39 Å². The normalized spacial score (nSPS) is 13.8. The number of halogens is 1. The molecule has 0 unspecified atom stereocenters. The topological polar surface area (TPSA) is 30.9 Å². The minimum absolute atomic E-state index is 0.0116. The summed E-state index contributed by atoms with van der Waals surface area (Å²) in [6.45, 7) is 9.46. The summed E-state index contributed by atoms with van der Waals surface area (Å²) in [5.74, 6) is 7.71. The monoisotopic (exact) mass is 397 g/mol. The zero-order chi connectivity index (χ0) is 21.0. The molecule has 0 spiro atoms. The maximum absolute atomic E-state index is 14.1. The molecule has 0 aliphatic carbocycles. The van der Waals surface area contributed by atoms with Gasteiger partial charge in [0.25, 0.3) is 0 Å². The maximum Gasteiger partial charge on any atom is 0.188 e. The molecule has 2 aromatic rings. The average molecular weight is 397 g/mol. The Hall–Kier alpha value is -2.55. The van der Waals surface area contributed by atoms with E-state index in [1.165, 1.54) is 6.07 Å². The summed E-state index contributed by atoms with van der Waals surface area (Å²) in [4.78, 5) is 2.19. The van der Waals surface area contributed by atoms with Gasteiger partial charge >= 0.3 is 0 Å². The van der Waals surface area contributed by atoms with Crippen molar-refractivity contribution < 1.29 is 18.6 Å². The molecule has 0 aromatic heterocycles. The summed E-state index contributed by atoms with van der Waals surface area (Å²) in [6.07, 6.45) is 0.0116. The second kappa shape index (κ2) is 8.86. The van der Waals surface area contributed by atoms with E-state index in [-0.39, 0.29) is 18.7 Å². The van der Waals surface area contributed by atoms with Crippen LogP contribution in [0.5, 0.6) is 11.5 Å². The molecule has 0 radical (unpaired) electrons. The highest BCUT2D eigenvalue weighted by molar-refractivity contribution is 5.49. The van der Waals surface area contributed by atoms with Crippen molar-refractivity contribution in [2.75, 3.05) is 13.9 Å². The van der Waals surface area contributed by atoms with Gasteiger partial charge in [-0.3, -0.25) is 4.90 Å². The van der Waals surface area contributed by atoms with E-state index >= 15 is 0 Å². The number of fused-ring (bicyclic) bond motifs is 1. The van der Waals surface area contributed by atoms with E-state index in [2.05, 4.69) is 30.6 Å². The lowest BCUT2D eigenvalue weighted by Gasteiger charge is -2.30. The summed E-state index contributed by atoms with van der Waals surface area (Å²) in [6, 6.07) is 10.9. The Morgan fingerprint density at radius 1 is 1.14 bits per heavy atom. The quantitative estimate of drug-likeness (QED) is 0.520. The summed E-state index contributed by atoms with van der Waals surface area (Å²) in [5.41, 5.74) is 2.23. The zero-order valence-corrected chi connectivity index (χ0v) is 17.7. The molecule has 0 bridgehead atoms. The van der Waals surface area contributed by atoms with Crippen LogP contribution in [-0.2, 0) is 17.8 Å². The lowest BCUT2D eigenvalue weighted by atomic mass is 10.0. The van der Waals surface area contributed by atoms with Crippen LogP contribution in [0.15, 0.2) is 36.4 Å². The van der Waals surface area contributed by atoms with E-state index in [1.54, 1.807) is 13.2 Å². The van der Waals surface area contributed by atoms with Gasteiger partial charge in [0.15, 0.2) is 18.3 Å². The number of ether oxygens (including phenoxy) is 3. The molecule has 0 amide bonds. The molecule has 3 rings (SSSR count). The molecule has 0 atom stereocenters. The third-order valence-corrected chi connectivity index (χ3v) is 4.87. The molecule has 1 aliphatic rings. The van der Waals surface area contributed by atoms with Gasteiger partial charge in [0.1, 0.15) is 5.82 Å². The number of benzene rings is 2. The minimum Gasteiger partial charge on any atom is -0.487 e. The Morgan fingerprint density at radius 2 is 1.93 bits per heavy atom. The van der Waals surface area contributed by atoms with Crippen LogP contribution in [0.3, 0.4) is 0 Å². The summed E-state index contributed by atoms with van der Waals surface area (Å²) in [7, 11) is 1.58. The third kappa shape index (κ3) is 5.09. The van der Waals surface area contributed by atoms with Gasteiger partial charge in [0.2, 0.25) is 0 Å². The maximum atomic E-state index is 14.1. The SMILES string of the molecule is COCOc1ccc(C#CC(C)(C)N2Cc3cccc(F)c3C2)cc1OC(C)C. The molecule has 0 fully saturated rings. The van der Waals surface area contributed by atoms with Gasteiger partial charge < -0.3 is 14.2 Å². The number of hydrogen-bond donors (Lipinski definition) is 0. The van der Waals surface area contributed by atoms with Crippen LogP contribution < -0.4 is 9.47 Å². The lowest BCUT2D eigenvalue weighted by molar-refractivity contribution is 0.0477. The van der Waals surface area contributed by atoms with Crippen molar-refractivity contribution >= 4 is 0 Å². The van der Waals surface area contributed by atoms with Gasteiger partial charge in [0.05, 0.1) is 11.6 Å². The minimum atomic E-state index is -0.407. The standard InChI is InChI=1S/C24H28FNO3/c1-17(2)29-23-13-18(9-10-22(23)28-16-27-5)11-12-24(3,4)26-14-19-7-6-8-21(25)20(19)15-26/h6-10,13,17H,14-16H2,1-5H3. The predicted octanol–water partition coefficient (Wildman–Crippen LogP) is 4.74. The first-order valence-corrected chi connectivity index (χ1v) is 9.77. The van der Waals surface area contributed by atoms with Crippen LogP contribution in [0.4, 0.5) is 4.39 Å². The van der Waals surface area contributed by atoms with Crippen molar-refractivity contribution in [1.82, 2.24) is 4.90 Å². The molecule has 154 valence electrons. The molecule has 0 saturated heterocycles. The Bertz CT molecular complexity index is 927. The van der Waals surface area contributed by atoms with E-state index < -0.39 is 5.54 Å². The highest BCUT2D eigenvalue weighted by Gasteiger charge is 2.31. The van der Waals surface area contributed by atoms with Gasteiger partial charge in [-0.15, -0.1) is 0 Å². The fraction of sp³-hybridized carbons (Fsp3) is 0.417. The van der Waals surface area contributed by atoms with E-state index in [0.29, 0.717) is 24.6 Å². The van der Waals surface area contributed by atoms with E-state index in [0.717, 1.165) is 16.7 Å². The van der Waals surface area contributed by atoms with Crippen LogP contribution in [0.25, 0.3) is 0 Å². The lowest BCUT2D eigenvalue weighted by Crippen LogP contribution is -2.38. The number of hydrogen-bond acceptors (Lipinski definition) is 4. The first kappa shape index (κ1) is 21.2. The van der Waals surface area contributed by atoms with Crippen molar-refractivity contribution in [2.45, 2.75) is 52.4 Å². The molecule has 0 saturated carbocycles. The van der Waals surface area contributed by atoms with Crippen LogP contribution in [0, 0.1) is 17.7 Å². The second-order valence-corrected chi connectivity index (χ2v) is 7.92. The van der Waals surface area contributed by atoms with Crippen molar-refractivity contribution in [3.05, 3.63) is 58.9 Å². The Kier molecular flexibility index (Phi) is 6.46. The molecule has 0 N–H and O–H groups in total. The highest BCUT2D eigenvalue weighted by atomic mass is 19.1. The van der Waals surface area contributed by atoms with Crippen molar-refractivity contribution in [3.63, 3.8) is 0 Å². The largest absolute Gasteiger partial charge is 0.487 e. The van der Waals surface area contributed by atoms with Crippen LogP contribution >= 0.6 is 0 Å². The molecular weight excluding hydrogens is 369 g/mol. The third-order valence-electron chi connectivity index (χ3n) is 4.87. The van der Waals surface area contributed by atoms with Crippen LogP contribution in [0.2, 0.25) is 0 Å². The average Bonchev–Trinajstić information content (AvgIpc) is 3.12. The smallest absolute Gasteiger partial charge is 0.188 e. The molecule has 1 aliphatic heterocycles. The zero-order valence-electron chi connectivity index (χ0n) is 17.7. The molecular formula is C24H28FNO3. The molecule has 4 nitrogen and oxygen atoms in total. The molecule has 2 aromatic carbocycles. The van der Waals surface area contributed by atoms with E-state index in [4.69, 9.17) is 14.2 Å². The van der Waals surface area contributed by atoms with Gasteiger partial charge in [0, 0.05) is 31.3 Å². The molecule has 5 heteroatoms. The Labute approximate surface area is 172 Å². The highest BCUT2D eigenvalue weighted by Crippen LogP contribution is 2.31. The Morgan fingerprint density at radius 3 is 2.62 bits per heavy atom. The Balaban J connectivity index is 1.80. The number of rotatable bonds is 6. The van der Waals surface area contributed by atoms with Gasteiger partial charge in [-0.2, -0.15) is 0 Å². The van der Waals surface area contributed by atoms with Crippen molar-refractivity contribution in [2.24, 2.45) is 0 Å². The summed E-state index contributed by atoms with van der Waals surface area (Å²) >= 11 is 0. The van der Waals surface area contributed by atoms with E-state index in [9.17, 15) is 4.39 Å². The summed E-state index contributed by atoms with van der Waals surface area (Å²) in [5, 5.41) is 0. The fourth-order valence-electron chi connectivity index (χ4n) is 3.25. The number of methoxy groups -OCH3 is 1. The fourth-order valence-corrected chi connectivity index (χ4v) is 3.25. The van der Waals surface area contributed by atoms with Gasteiger partial charge in [-0.05, 0) is 57.5 Å².